The highest BCUT2D eigenvalue weighted by molar-refractivity contribution is 6.05. The summed E-state index contributed by atoms with van der Waals surface area (Å²) in [5.41, 5.74) is 1.49. The summed E-state index contributed by atoms with van der Waals surface area (Å²) in [5.74, 6) is 0.586. The first-order valence-corrected chi connectivity index (χ1v) is 7.90. The van der Waals surface area contributed by atoms with E-state index in [9.17, 15) is 14.9 Å². The average Bonchev–Trinajstić information content (AvgIpc) is 2.61. The van der Waals surface area contributed by atoms with Crippen LogP contribution in [-0.4, -0.2) is 30.7 Å². The number of methoxy groups -OCH3 is 1. The number of nitrogens with zero attached hydrogens (tertiary/aromatic N) is 2. The first-order chi connectivity index (χ1) is 12.1. The summed E-state index contributed by atoms with van der Waals surface area (Å²) in [6.45, 7) is 2.49. The average molecular weight is 342 g/mol. The van der Waals surface area contributed by atoms with Crippen LogP contribution in [0.4, 0.5) is 11.4 Å². The van der Waals surface area contributed by atoms with Crippen molar-refractivity contribution < 1.29 is 19.2 Å². The Kier molecular flexibility index (Phi) is 4.67. The van der Waals surface area contributed by atoms with Crippen molar-refractivity contribution >= 4 is 17.3 Å². The van der Waals surface area contributed by atoms with E-state index < -0.39 is 11.0 Å². The number of β-lactam (4-membered cyclic amide) rings is 1. The van der Waals surface area contributed by atoms with Gasteiger partial charge in [-0.2, -0.15) is 0 Å². The first-order valence-electron chi connectivity index (χ1n) is 7.90. The molecule has 0 aliphatic carbocycles. The summed E-state index contributed by atoms with van der Waals surface area (Å²) < 4.78 is 10.8. The molecule has 0 spiro atoms. The van der Waals surface area contributed by atoms with E-state index in [1.807, 2.05) is 31.2 Å². The molecule has 2 atom stereocenters. The molecule has 1 saturated heterocycles. The van der Waals surface area contributed by atoms with Crippen LogP contribution in [0.25, 0.3) is 0 Å². The van der Waals surface area contributed by atoms with Crippen LogP contribution in [0.3, 0.4) is 0 Å². The van der Waals surface area contributed by atoms with Crippen molar-refractivity contribution in [3.8, 4) is 5.75 Å². The van der Waals surface area contributed by atoms with E-state index in [1.165, 1.54) is 19.2 Å². The van der Waals surface area contributed by atoms with Crippen LogP contribution in [0.1, 0.15) is 18.5 Å². The van der Waals surface area contributed by atoms with E-state index in [0.29, 0.717) is 12.3 Å². The third-order valence-corrected chi connectivity index (χ3v) is 4.17. The number of nitro groups is 1. The second-order valence-corrected chi connectivity index (χ2v) is 5.58. The van der Waals surface area contributed by atoms with Crippen molar-refractivity contribution in [2.24, 2.45) is 0 Å². The summed E-state index contributed by atoms with van der Waals surface area (Å²) in [4.78, 5) is 24.3. The number of carbonyl (C=O) groups is 1. The van der Waals surface area contributed by atoms with Crippen LogP contribution < -0.4 is 9.64 Å². The minimum absolute atomic E-state index is 0.0161. The van der Waals surface area contributed by atoms with Gasteiger partial charge in [0, 0.05) is 24.9 Å². The fraction of sp³-hybridized carbons (Fsp3) is 0.278. The van der Waals surface area contributed by atoms with Gasteiger partial charge in [-0.1, -0.05) is 12.1 Å². The van der Waals surface area contributed by atoms with Crippen molar-refractivity contribution in [1.82, 2.24) is 0 Å². The molecule has 0 bridgehead atoms. The zero-order valence-electron chi connectivity index (χ0n) is 13.9. The van der Waals surface area contributed by atoms with E-state index in [2.05, 4.69) is 0 Å². The monoisotopic (exact) mass is 342 g/mol. The minimum Gasteiger partial charge on any atom is -0.494 e. The lowest BCUT2D eigenvalue weighted by atomic mass is 9.89. The van der Waals surface area contributed by atoms with Gasteiger partial charge in [0.1, 0.15) is 5.75 Å². The molecule has 1 aliphatic heterocycles. The molecular formula is C18H18N2O5. The maximum absolute atomic E-state index is 12.4. The largest absolute Gasteiger partial charge is 0.494 e. The van der Waals surface area contributed by atoms with E-state index in [1.54, 1.807) is 17.0 Å². The van der Waals surface area contributed by atoms with Gasteiger partial charge in [-0.15, -0.1) is 0 Å². The Morgan fingerprint density at radius 2 is 1.76 bits per heavy atom. The second-order valence-electron chi connectivity index (χ2n) is 5.58. The molecule has 25 heavy (non-hydrogen) atoms. The molecule has 130 valence electrons. The lowest BCUT2D eigenvalue weighted by Gasteiger charge is -2.46. The van der Waals surface area contributed by atoms with Crippen LogP contribution in [0.2, 0.25) is 0 Å². The summed E-state index contributed by atoms with van der Waals surface area (Å²) in [5, 5.41) is 10.8. The number of anilines is 1. The fourth-order valence-electron chi connectivity index (χ4n) is 2.97. The number of nitro benzene ring substituents is 1. The number of non-ortho nitro benzene ring substituents is 1. The molecule has 1 amide bonds. The van der Waals surface area contributed by atoms with Gasteiger partial charge in [0.25, 0.3) is 11.6 Å². The molecule has 2 aromatic carbocycles. The molecule has 7 nitrogen and oxygen atoms in total. The van der Waals surface area contributed by atoms with Gasteiger partial charge >= 0.3 is 0 Å². The van der Waals surface area contributed by atoms with E-state index in [-0.39, 0.29) is 17.6 Å². The highest BCUT2D eigenvalue weighted by Crippen LogP contribution is 2.41. The Balaban J connectivity index is 1.89. The quantitative estimate of drug-likeness (QED) is 0.458. The summed E-state index contributed by atoms with van der Waals surface area (Å²) in [7, 11) is 1.50. The van der Waals surface area contributed by atoms with Crippen molar-refractivity contribution in [2.75, 3.05) is 18.6 Å². The van der Waals surface area contributed by atoms with E-state index in [0.717, 1.165) is 11.3 Å². The lowest BCUT2D eigenvalue weighted by molar-refractivity contribution is -0.384. The maximum atomic E-state index is 12.4. The number of amides is 1. The smallest absolute Gasteiger partial charge is 0.269 e. The highest BCUT2D eigenvalue weighted by atomic mass is 16.6. The van der Waals surface area contributed by atoms with Gasteiger partial charge in [-0.3, -0.25) is 19.8 Å². The first kappa shape index (κ1) is 16.9. The predicted octanol–water partition coefficient (Wildman–Crippen LogP) is 3.10. The van der Waals surface area contributed by atoms with Crippen LogP contribution in [0, 0.1) is 10.1 Å². The summed E-state index contributed by atoms with van der Waals surface area (Å²) in [6.07, 6.45) is -0.576. The van der Waals surface area contributed by atoms with Crippen LogP contribution in [-0.2, 0) is 9.53 Å². The normalized spacial score (nSPS) is 19.4. The fourth-order valence-corrected chi connectivity index (χ4v) is 2.97. The second kappa shape index (κ2) is 6.90. The standard InChI is InChI=1S/C18H18N2O5/c1-3-25-15-10-4-12(5-11-15)16-17(24-2)18(21)19(16)13-6-8-14(9-7-13)20(22)23/h4-11,16-17H,3H2,1-2H3/t16-,17+/m1/s1. The topological polar surface area (TPSA) is 81.9 Å². The lowest BCUT2D eigenvalue weighted by Crippen LogP contribution is -2.59. The van der Waals surface area contributed by atoms with Gasteiger partial charge in [0.15, 0.2) is 6.10 Å². The maximum Gasteiger partial charge on any atom is 0.269 e. The van der Waals surface area contributed by atoms with Gasteiger partial charge in [-0.05, 0) is 36.8 Å². The Morgan fingerprint density at radius 1 is 1.12 bits per heavy atom. The number of hydrogen-bond donors (Lipinski definition) is 0. The summed E-state index contributed by atoms with van der Waals surface area (Å²) >= 11 is 0. The molecule has 1 heterocycles. The van der Waals surface area contributed by atoms with Crippen molar-refractivity contribution in [3.05, 3.63) is 64.2 Å². The van der Waals surface area contributed by atoms with Crippen LogP contribution in [0.5, 0.6) is 5.75 Å². The molecule has 0 N–H and O–H groups in total. The molecule has 3 rings (SSSR count). The van der Waals surface area contributed by atoms with Crippen LogP contribution in [0.15, 0.2) is 48.5 Å². The summed E-state index contributed by atoms with van der Waals surface area (Å²) in [6, 6.07) is 13.1. The number of ether oxygens (including phenoxy) is 2. The number of rotatable bonds is 6. The highest BCUT2D eigenvalue weighted by Gasteiger charge is 2.49. The van der Waals surface area contributed by atoms with E-state index in [4.69, 9.17) is 9.47 Å². The molecule has 7 heteroatoms. The van der Waals surface area contributed by atoms with Crippen molar-refractivity contribution in [1.29, 1.82) is 0 Å². The Hall–Kier alpha value is -2.93. The molecule has 1 aliphatic rings. The SMILES string of the molecule is CCOc1ccc([C@@H]2[C@H](OC)C(=O)N2c2ccc([N+](=O)[O-])cc2)cc1. The Bertz CT molecular complexity index is 773. The molecule has 0 aromatic heterocycles. The van der Waals surface area contributed by atoms with Crippen molar-refractivity contribution in [3.63, 3.8) is 0 Å². The van der Waals surface area contributed by atoms with E-state index >= 15 is 0 Å². The molecule has 0 saturated carbocycles. The van der Waals surface area contributed by atoms with Gasteiger partial charge in [0.2, 0.25) is 0 Å². The number of carbonyl (C=O) groups excluding carboxylic acids is 1. The minimum atomic E-state index is -0.576. The molecule has 2 aromatic rings. The zero-order valence-corrected chi connectivity index (χ0v) is 13.9. The zero-order chi connectivity index (χ0) is 18.0. The van der Waals surface area contributed by atoms with Gasteiger partial charge in [-0.25, -0.2) is 0 Å². The Morgan fingerprint density at radius 3 is 2.28 bits per heavy atom. The molecular weight excluding hydrogens is 324 g/mol. The van der Waals surface area contributed by atoms with Gasteiger partial charge < -0.3 is 9.47 Å². The molecule has 1 fully saturated rings. The number of hydrogen-bond acceptors (Lipinski definition) is 5. The van der Waals surface area contributed by atoms with Gasteiger partial charge in [0.05, 0.1) is 17.6 Å². The predicted molar refractivity (Wildman–Crippen MR) is 91.7 cm³/mol. The Labute approximate surface area is 144 Å². The van der Waals surface area contributed by atoms with Crippen molar-refractivity contribution in [2.45, 2.75) is 19.1 Å². The third kappa shape index (κ3) is 3.06. The molecule has 0 radical (unpaired) electrons. The third-order valence-electron chi connectivity index (χ3n) is 4.17. The molecule has 0 unspecified atom stereocenters. The van der Waals surface area contributed by atoms with Crippen LogP contribution >= 0.6 is 0 Å². The number of benzene rings is 2.